The number of hydrogen-bond acceptors (Lipinski definition) is 5. The molecule has 0 N–H and O–H groups in total. The van der Waals surface area contributed by atoms with E-state index < -0.39 is 0 Å². The number of hydrogen-bond donors (Lipinski definition) is 0. The van der Waals surface area contributed by atoms with Crippen molar-refractivity contribution in [3.63, 3.8) is 0 Å². The minimum atomic E-state index is 0.569. The van der Waals surface area contributed by atoms with Crippen molar-refractivity contribution in [1.29, 1.82) is 0 Å². The maximum atomic E-state index is 4.15. The number of nitrogens with zero attached hydrogens (tertiary/aromatic N) is 5. The monoisotopic (exact) mass is 337 g/mol. The zero-order valence-corrected chi connectivity index (χ0v) is 11.1. The maximum Gasteiger partial charge on any atom is 0.218 e. The molecular weight excluding hydrogens is 334 g/mol. The topological polar surface area (TPSA) is 56.5 Å². The van der Waals surface area contributed by atoms with Crippen LogP contribution in [0.4, 0.5) is 0 Å². The van der Waals surface area contributed by atoms with Crippen LogP contribution in [0.5, 0.6) is 0 Å². The van der Waals surface area contributed by atoms with Gasteiger partial charge in [0.15, 0.2) is 4.73 Å². The molecule has 0 aliphatic rings. The van der Waals surface area contributed by atoms with Crippen LogP contribution in [0.2, 0.25) is 0 Å². The van der Waals surface area contributed by atoms with Crippen molar-refractivity contribution in [2.75, 3.05) is 0 Å². The quantitative estimate of drug-likeness (QED) is 0.840. The second-order valence-electron chi connectivity index (χ2n) is 2.59. The molecule has 0 aliphatic heterocycles. The zero-order chi connectivity index (χ0) is 10.1. The lowest BCUT2D eigenvalue weighted by Gasteiger charge is -1.98. The number of halogens is 2. The fraction of sp³-hybridized carbons (Fsp3) is 0.333. The molecular formula is C6H5Br2N5S. The van der Waals surface area contributed by atoms with Crippen LogP contribution in [0.15, 0.2) is 9.47 Å². The molecule has 2 aromatic rings. The van der Waals surface area contributed by atoms with E-state index in [0.717, 1.165) is 10.6 Å². The number of rotatable bonds is 2. The maximum absolute atomic E-state index is 4.15. The van der Waals surface area contributed by atoms with E-state index in [9.17, 15) is 0 Å². The Bertz CT molecular complexity index is 451. The van der Waals surface area contributed by atoms with E-state index in [1.807, 2.05) is 6.92 Å². The summed E-state index contributed by atoms with van der Waals surface area (Å²) in [5.74, 6) is 0. The zero-order valence-electron chi connectivity index (χ0n) is 7.11. The Hall–Kier alpha value is -0.340. The summed E-state index contributed by atoms with van der Waals surface area (Å²) in [6.07, 6.45) is 0. The summed E-state index contributed by atoms with van der Waals surface area (Å²) in [6, 6.07) is 0. The van der Waals surface area contributed by atoms with Crippen molar-refractivity contribution < 1.29 is 0 Å². The highest BCUT2D eigenvalue weighted by Crippen LogP contribution is 2.16. The van der Waals surface area contributed by atoms with Gasteiger partial charge < -0.3 is 0 Å². The summed E-state index contributed by atoms with van der Waals surface area (Å²) in [4.78, 5) is 5.16. The van der Waals surface area contributed by atoms with Crippen molar-refractivity contribution in [3.05, 3.63) is 20.0 Å². The third kappa shape index (κ3) is 2.01. The fourth-order valence-corrected chi connectivity index (χ4v) is 2.51. The van der Waals surface area contributed by atoms with Crippen molar-refractivity contribution in [3.8, 4) is 0 Å². The molecule has 2 heterocycles. The van der Waals surface area contributed by atoms with Gasteiger partial charge in [0.05, 0.1) is 17.1 Å². The van der Waals surface area contributed by atoms with E-state index in [0.29, 0.717) is 16.0 Å². The van der Waals surface area contributed by atoms with Gasteiger partial charge in [0.2, 0.25) is 4.73 Å². The van der Waals surface area contributed by atoms with Crippen LogP contribution >= 0.6 is 43.4 Å². The summed E-state index contributed by atoms with van der Waals surface area (Å²) in [7, 11) is 0. The van der Waals surface area contributed by atoms with E-state index in [1.165, 1.54) is 11.5 Å². The van der Waals surface area contributed by atoms with Crippen LogP contribution in [0, 0.1) is 6.92 Å². The molecule has 0 atom stereocenters. The summed E-state index contributed by atoms with van der Waals surface area (Å²) >= 11 is 7.89. The number of aryl methyl sites for hydroxylation is 1. The summed E-state index contributed by atoms with van der Waals surface area (Å²) in [5, 5.41) is 8.08. The van der Waals surface area contributed by atoms with Gasteiger partial charge in [-0.15, -0.1) is 10.2 Å². The molecule has 0 spiro atoms. The van der Waals surface area contributed by atoms with Crippen LogP contribution in [0.3, 0.4) is 0 Å². The minimum absolute atomic E-state index is 0.569. The van der Waals surface area contributed by atoms with Crippen LogP contribution < -0.4 is 0 Å². The smallest absolute Gasteiger partial charge is 0.218 e. The molecule has 0 fully saturated rings. The van der Waals surface area contributed by atoms with E-state index >= 15 is 0 Å². The molecule has 0 aromatic carbocycles. The van der Waals surface area contributed by atoms with Gasteiger partial charge in [-0.1, -0.05) is 4.49 Å². The van der Waals surface area contributed by atoms with Gasteiger partial charge in [0.25, 0.3) is 0 Å². The Labute approximate surface area is 101 Å². The van der Waals surface area contributed by atoms with Gasteiger partial charge >= 0.3 is 0 Å². The third-order valence-corrected chi connectivity index (χ3v) is 3.37. The van der Waals surface area contributed by atoms with E-state index in [4.69, 9.17) is 0 Å². The Morgan fingerprint density at radius 2 is 2.21 bits per heavy atom. The Morgan fingerprint density at radius 1 is 1.43 bits per heavy atom. The molecule has 14 heavy (non-hydrogen) atoms. The van der Waals surface area contributed by atoms with E-state index in [-0.39, 0.29) is 0 Å². The highest BCUT2D eigenvalue weighted by molar-refractivity contribution is 9.11. The lowest BCUT2D eigenvalue weighted by atomic mass is 10.4. The molecule has 0 saturated carbocycles. The first-order valence-corrected chi connectivity index (χ1v) is 6.06. The second kappa shape index (κ2) is 4.03. The lowest BCUT2D eigenvalue weighted by molar-refractivity contribution is 0.668. The first kappa shape index (κ1) is 10.2. The predicted octanol–water partition coefficient (Wildman–Crippen LogP) is 2.01. The average molecular weight is 339 g/mol. The lowest BCUT2D eigenvalue weighted by Crippen LogP contribution is -2.01. The molecule has 8 heteroatoms. The first-order valence-electron chi connectivity index (χ1n) is 3.70. The van der Waals surface area contributed by atoms with Gasteiger partial charge in [-0.25, -0.2) is 4.68 Å². The highest BCUT2D eigenvalue weighted by Gasteiger charge is 2.09. The standard InChI is InChI=1S/C6H5Br2N5S/c1-3-4(14-12-10-3)2-13-6(8)9-5(7)11-13/h2H2,1H3. The second-order valence-corrected chi connectivity index (χ2v) is 4.85. The molecule has 5 nitrogen and oxygen atoms in total. The first-order chi connectivity index (χ1) is 6.66. The van der Waals surface area contributed by atoms with Crippen molar-refractivity contribution in [1.82, 2.24) is 24.4 Å². The van der Waals surface area contributed by atoms with Gasteiger partial charge in [0.1, 0.15) is 0 Å². The molecule has 74 valence electrons. The average Bonchev–Trinajstić information content (AvgIpc) is 2.62. The van der Waals surface area contributed by atoms with Gasteiger partial charge in [-0.2, -0.15) is 4.98 Å². The number of aromatic nitrogens is 5. The Balaban J connectivity index is 2.27. The third-order valence-electron chi connectivity index (χ3n) is 1.64. The van der Waals surface area contributed by atoms with Gasteiger partial charge in [-0.05, 0) is 50.3 Å². The summed E-state index contributed by atoms with van der Waals surface area (Å²) < 4.78 is 6.86. The van der Waals surface area contributed by atoms with Crippen LogP contribution in [0.1, 0.15) is 10.6 Å². The highest BCUT2D eigenvalue weighted by atomic mass is 79.9. The van der Waals surface area contributed by atoms with Crippen LogP contribution in [0.25, 0.3) is 0 Å². The van der Waals surface area contributed by atoms with Crippen LogP contribution in [-0.4, -0.2) is 24.4 Å². The fourth-order valence-electron chi connectivity index (χ4n) is 0.930. The molecule has 0 saturated heterocycles. The molecule has 0 unspecified atom stereocenters. The summed E-state index contributed by atoms with van der Waals surface area (Å²) in [5.41, 5.74) is 0.938. The van der Waals surface area contributed by atoms with Crippen LogP contribution in [-0.2, 0) is 6.54 Å². The van der Waals surface area contributed by atoms with Crippen molar-refractivity contribution in [2.24, 2.45) is 0 Å². The Kier molecular flexibility index (Phi) is 2.93. The SMILES string of the molecule is Cc1nnsc1Cn1nc(Br)nc1Br. The van der Waals surface area contributed by atoms with E-state index in [1.54, 1.807) is 4.68 Å². The molecule has 2 rings (SSSR count). The van der Waals surface area contributed by atoms with Gasteiger partial charge in [0, 0.05) is 0 Å². The van der Waals surface area contributed by atoms with Gasteiger partial charge in [-0.3, -0.25) is 0 Å². The Morgan fingerprint density at radius 3 is 2.71 bits per heavy atom. The van der Waals surface area contributed by atoms with Crippen molar-refractivity contribution >= 4 is 43.4 Å². The molecule has 0 bridgehead atoms. The predicted molar refractivity (Wildman–Crippen MR) is 59.2 cm³/mol. The largest absolute Gasteiger partial charge is 0.234 e. The normalized spacial score (nSPS) is 10.8. The molecule has 2 aromatic heterocycles. The molecule has 0 aliphatic carbocycles. The summed E-state index contributed by atoms with van der Waals surface area (Å²) in [6.45, 7) is 2.57. The molecule has 0 radical (unpaired) electrons. The minimum Gasteiger partial charge on any atom is -0.234 e. The van der Waals surface area contributed by atoms with E-state index in [2.05, 4.69) is 51.5 Å². The molecule has 0 amide bonds. The van der Waals surface area contributed by atoms with Crippen molar-refractivity contribution in [2.45, 2.75) is 13.5 Å².